The highest BCUT2D eigenvalue weighted by Gasteiger charge is 2.16. The van der Waals surface area contributed by atoms with Crippen LogP contribution in [0.1, 0.15) is 37.5 Å². The van der Waals surface area contributed by atoms with Gasteiger partial charge in [-0.2, -0.15) is 0 Å². The van der Waals surface area contributed by atoms with Crippen LogP contribution in [0.2, 0.25) is 6.32 Å². The van der Waals surface area contributed by atoms with Crippen LogP contribution in [0.5, 0.6) is 0 Å². The lowest BCUT2D eigenvalue weighted by molar-refractivity contribution is -0.118. The normalized spacial score (nSPS) is 12.4. The SMILES string of the molecule is NC(=O)Cn1nnnc1C(N)CCCCCB(O)O. The first-order valence-electron chi connectivity index (χ1n) is 6.16. The van der Waals surface area contributed by atoms with E-state index >= 15 is 0 Å². The lowest BCUT2D eigenvalue weighted by atomic mass is 9.83. The van der Waals surface area contributed by atoms with Crippen LogP contribution in [0.4, 0.5) is 0 Å². The summed E-state index contributed by atoms with van der Waals surface area (Å²) in [6.45, 7) is -0.0905. The number of rotatable bonds is 9. The zero-order valence-electron chi connectivity index (χ0n) is 10.6. The first-order chi connectivity index (χ1) is 9.00. The number of amides is 1. The molecule has 1 rings (SSSR count). The maximum Gasteiger partial charge on any atom is 0.451 e. The number of primary amides is 1. The molecule has 0 radical (unpaired) electrons. The average Bonchev–Trinajstić information content (AvgIpc) is 2.75. The molecular weight excluding hydrogens is 251 g/mol. The van der Waals surface area contributed by atoms with E-state index in [1.165, 1.54) is 4.68 Å². The van der Waals surface area contributed by atoms with E-state index in [4.69, 9.17) is 21.5 Å². The Morgan fingerprint density at radius 1 is 1.37 bits per heavy atom. The van der Waals surface area contributed by atoms with E-state index in [1.807, 2.05) is 0 Å². The number of carbonyl (C=O) groups is 1. The molecule has 1 heterocycles. The van der Waals surface area contributed by atoms with Crippen LogP contribution in [0.3, 0.4) is 0 Å². The molecule has 1 atom stereocenters. The summed E-state index contributed by atoms with van der Waals surface area (Å²) in [5, 5.41) is 28.3. The standard InChI is InChI=1S/C9H19BN6O3/c11-7(4-2-1-3-5-10(18)19)9-13-14-15-16(9)6-8(12)17/h7,18-19H,1-6,11H2,(H2,12,17). The molecule has 0 aliphatic rings. The minimum atomic E-state index is -1.25. The topological polar surface area (TPSA) is 153 Å². The molecule has 0 bridgehead atoms. The van der Waals surface area contributed by atoms with Crippen LogP contribution in [-0.4, -0.2) is 43.3 Å². The van der Waals surface area contributed by atoms with Crippen LogP contribution >= 0.6 is 0 Å². The summed E-state index contributed by atoms with van der Waals surface area (Å²) in [6, 6.07) is -0.367. The second-order valence-electron chi connectivity index (χ2n) is 4.39. The molecule has 10 heteroatoms. The van der Waals surface area contributed by atoms with Gasteiger partial charge in [0.1, 0.15) is 6.54 Å². The zero-order chi connectivity index (χ0) is 14.3. The average molecular weight is 270 g/mol. The van der Waals surface area contributed by atoms with Crippen molar-refractivity contribution in [2.45, 2.75) is 44.6 Å². The molecule has 1 aromatic heterocycles. The minimum Gasteiger partial charge on any atom is -0.427 e. The number of aromatic nitrogens is 4. The molecule has 9 nitrogen and oxygen atoms in total. The van der Waals surface area contributed by atoms with Crippen molar-refractivity contribution in [3.63, 3.8) is 0 Å². The Labute approximate surface area is 111 Å². The van der Waals surface area contributed by atoms with Crippen molar-refractivity contribution in [2.75, 3.05) is 0 Å². The smallest absolute Gasteiger partial charge is 0.427 e. The third kappa shape index (κ3) is 5.77. The molecule has 0 fully saturated rings. The molecular formula is C9H19BN6O3. The first-order valence-corrected chi connectivity index (χ1v) is 6.16. The zero-order valence-corrected chi connectivity index (χ0v) is 10.6. The van der Waals surface area contributed by atoms with E-state index < -0.39 is 13.0 Å². The molecule has 106 valence electrons. The van der Waals surface area contributed by atoms with Crippen LogP contribution in [0, 0.1) is 0 Å². The van der Waals surface area contributed by atoms with Gasteiger partial charge in [-0.15, -0.1) is 5.10 Å². The van der Waals surface area contributed by atoms with E-state index in [0.29, 0.717) is 18.6 Å². The number of carbonyl (C=O) groups excluding carboxylic acids is 1. The third-order valence-corrected chi connectivity index (χ3v) is 2.67. The second kappa shape index (κ2) is 7.82. The lowest BCUT2D eigenvalue weighted by Crippen LogP contribution is -2.24. The van der Waals surface area contributed by atoms with Gasteiger partial charge in [0.2, 0.25) is 5.91 Å². The fraction of sp³-hybridized carbons (Fsp3) is 0.778. The maximum atomic E-state index is 10.8. The molecule has 0 aromatic carbocycles. The van der Waals surface area contributed by atoms with Crippen molar-refractivity contribution in [3.8, 4) is 0 Å². The molecule has 0 spiro atoms. The molecule has 6 N–H and O–H groups in total. The fourth-order valence-electron chi connectivity index (χ4n) is 1.73. The molecule has 0 aliphatic carbocycles. The number of unbranched alkanes of at least 4 members (excludes halogenated alkanes) is 2. The Morgan fingerprint density at radius 2 is 2.11 bits per heavy atom. The summed E-state index contributed by atoms with van der Waals surface area (Å²) in [5.41, 5.74) is 11.0. The van der Waals surface area contributed by atoms with Gasteiger partial charge in [0.15, 0.2) is 5.82 Å². The van der Waals surface area contributed by atoms with Gasteiger partial charge in [0, 0.05) is 0 Å². The number of tetrazole rings is 1. The predicted octanol–water partition coefficient (Wildman–Crippen LogP) is -1.81. The van der Waals surface area contributed by atoms with Crippen molar-refractivity contribution in [1.82, 2.24) is 20.2 Å². The molecule has 19 heavy (non-hydrogen) atoms. The molecule has 1 unspecified atom stereocenters. The number of hydrogen-bond acceptors (Lipinski definition) is 7. The number of hydrogen-bond donors (Lipinski definition) is 4. The van der Waals surface area contributed by atoms with E-state index in [1.54, 1.807) is 0 Å². The lowest BCUT2D eigenvalue weighted by Gasteiger charge is -2.10. The van der Waals surface area contributed by atoms with E-state index in [0.717, 1.165) is 19.3 Å². The fourth-order valence-corrected chi connectivity index (χ4v) is 1.73. The van der Waals surface area contributed by atoms with E-state index in [-0.39, 0.29) is 12.6 Å². The number of nitrogens with zero attached hydrogens (tertiary/aromatic N) is 4. The van der Waals surface area contributed by atoms with E-state index in [9.17, 15) is 4.79 Å². The quantitative estimate of drug-likeness (QED) is 0.304. The van der Waals surface area contributed by atoms with Crippen LogP contribution in [-0.2, 0) is 11.3 Å². The van der Waals surface area contributed by atoms with Crippen molar-refractivity contribution in [3.05, 3.63) is 5.82 Å². The van der Waals surface area contributed by atoms with Crippen molar-refractivity contribution >= 4 is 13.0 Å². The summed E-state index contributed by atoms with van der Waals surface area (Å²) in [5.74, 6) is -0.0984. The second-order valence-corrected chi connectivity index (χ2v) is 4.39. The van der Waals surface area contributed by atoms with Gasteiger partial charge in [0.25, 0.3) is 0 Å². The molecule has 0 aliphatic heterocycles. The highest BCUT2D eigenvalue weighted by Crippen LogP contribution is 2.15. The van der Waals surface area contributed by atoms with Crippen LogP contribution < -0.4 is 11.5 Å². The predicted molar refractivity (Wildman–Crippen MR) is 67.4 cm³/mol. The van der Waals surface area contributed by atoms with E-state index in [2.05, 4.69) is 15.5 Å². The molecule has 0 saturated heterocycles. The Hall–Kier alpha value is -1.52. The Balaban J connectivity index is 2.35. The monoisotopic (exact) mass is 270 g/mol. The molecule has 1 aromatic rings. The number of nitrogens with two attached hydrogens (primary N) is 2. The summed E-state index contributed by atoms with van der Waals surface area (Å²) in [4.78, 5) is 10.8. The van der Waals surface area contributed by atoms with Crippen molar-refractivity contribution < 1.29 is 14.8 Å². The highest BCUT2D eigenvalue weighted by atomic mass is 16.4. The van der Waals surface area contributed by atoms with Crippen molar-refractivity contribution in [2.24, 2.45) is 11.5 Å². The van der Waals surface area contributed by atoms with Crippen molar-refractivity contribution in [1.29, 1.82) is 0 Å². The molecule has 0 saturated carbocycles. The largest absolute Gasteiger partial charge is 0.451 e. The Morgan fingerprint density at radius 3 is 2.74 bits per heavy atom. The maximum absolute atomic E-state index is 10.8. The van der Waals surface area contributed by atoms with Gasteiger partial charge in [-0.05, 0) is 23.2 Å². The summed E-state index contributed by atoms with van der Waals surface area (Å²) in [6.07, 6.45) is 3.38. The Bertz CT molecular complexity index is 399. The van der Waals surface area contributed by atoms with Gasteiger partial charge in [-0.1, -0.05) is 19.3 Å². The van der Waals surface area contributed by atoms with Gasteiger partial charge in [-0.25, -0.2) is 4.68 Å². The molecule has 1 amide bonds. The van der Waals surface area contributed by atoms with Gasteiger partial charge >= 0.3 is 7.12 Å². The summed E-state index contributed by atoms with van der Waals surface area (Å²) >= 11 is 0. The van der Waals surface area contributed by atoms with Gasteiger partial charge < -0.3 is 21.5 Å². The van der Waals surface area contributed by atoms with Gasteiger partial charge in [-0.3, -0.25) is 4.79 Å². The van der Waals surface area contributed by atoms with Crippen LogP contribution in [0.25, 0.3) is 0 Å². The van der Waals surface area contributed by atoms with Crippen LogP contribution in [0.15, 0.2) is 0 Å². The first kappa shape index (κ1) is 15.5. The Kier molecular flexibility index (Phi) is 6.40. The highest BCUT2D eigenvalue weighted by molar-refractivity contribution is 6.40. The van der Waals surface area contributed by atoms with Gasteiger partial charge in [0.05, 0.1) is 6.04 Å². The summed E-state index contributed by atoms with van der Waals surface area (Å²) < 4.78 is 1.30. The minimum absolute atomic E-state index is 0.0905. The third-order valence-electron chi connectivity index (χ3n) is 2.67. The summed E-state index contributed by atoms with van der Waals surface area (Å²) in [7, 11) is -1.25.